The summed E-state index contributed by atoms with van der Waals surface area (Å²) in [6, 6.07) is 21.1. The quantitative estimate of drug-likeness (QED) is 0.626. The van der Waals surface area contributed by atoms with E-state index in [9.17, 15) is 13.2 Å². The van der Waals surface area contributed by atoms with Gasteiger partial charge in [-0.3, -0.25) is 9.52 Å². The molecule has 6 heteroatoms. The molecule has 0 spiro atoms. The van der Waals surface area contributed by atoms with E-state index in [1.54, 1.807) is 49.4 Å². The Hall–Kier alpha value is -3.12. The third-order valence-corrected chi connectivity index (χ3v) is 6.09. The summed E-state index contributed by atoms with van der Waals surface area (Å²) in [4.78, 5) is 12.8. The third kappa shape index (κ3) is 5.03. The number of hydrogen-bond donors (Lipinski definition) is 2. The monoisotopic (exact) mass is 408 g/mol. The number of benzene rings is 3. The first kappa shape index (κ1) is 20.6. The molecule has 0 saturated carbocycles. The lowest BCUT2D eigenvalue weighted by molar-refractivity contribution is 0.0940. The van der Waals surface area contributed by atoms with E-state index in [1.807, 2.05) is 44.2 Å². The Kier molecular flexibility index (Phi) is 6.03. The van der Waals surface area contributed by atoms with Crippen molar-refractivity contribution in [2.45, 2.75) is 31.7 Å². The zero-order valence-corrected chi connectivity index (χ0v) is 17.5. The molecule has 0 radical (unpaired) electrons. The van der Waals surface area contributed by atoms with E-state index >= 15 is 0 Å². The fraction of sp³-hybridized carbons (Fsp3) is 0.174. The van der Waals surface area contributed by atoms with E-state index in [1.165, 1.54) is 0 Å². The Morgan fingerprint density at radius 1 is 0.897 bits per heavy atom. The predicted molar refractivity (Wildman–Crippen MR) is 115 cm³/mol. The largest absolute Gasteiger partial charge is 0.346 e. The topological polar surface area (TPSA) is 75.3 Å². The van der Waals surface area contributed by atoms with E-state index in [0.717, 1.165) is 11.1 Å². The Bertz CT molecular complexity index is 1110. The summed E-state index contributed by atoms with van der Waals surface area (Å²) >= 11 is 0. The molecule has 2 N–H and O–H groups in total. The normalized spacial score (nSPS) is 12.2. The molecule has 3 aromatic carbocycles. The first-order valence-electron chi connectivity index (χ1n) is 9.32. The van der Waals surface area contributed by atoms with Crippen LogP contribution in [-0.4, -0.2) is 14.3 Å². The van der Waals surface area contributed by atoms with Gasteiger partial charge in [0.2, 0.25) is 0 Å². The van der Waals surface area contributed by atoms with Crippen molar-refractivity contribution in [2.75, 3.05) is 4.72 Å². The van der Waals surface area contributed by atoms with Gasteiger partial charge >= 0.3 is 0 Å². The first-order valence-corrected chi connectivity index (χ1v) is 10.8. The predicted octanol–water partition coefficient (Wildman–Crippen LogP) is 4.60. The molecule has 0 unspecified atom stereocenters. The van der Waals surface area contributed by atoms with Gasteiger partial charge in [-0.1, -0.05) is 48.0 Å². The van der Waals surface area contributed by atoms with Crippen molar-refractivity contribution in [2.24, 2.45) is 0 Å². The number of anilines is 1. The average Bonchev–Trinajstić information content (AvgIpc) is 2.70. The molecule has 3 rings (SSSR count). The molecule has 0 saturated heterocycles. The summed E-state index contributed by atoms with van der Waals surface area (Å²) < 4.78 is 27.8. The molecule has 0 aliphatic carbocycles. The summed E-state index contributed by atoms with van der Waals surface area (Å²) in [7, 11) is -3.69. The van der Waals surface area contributed by atoms with Crippen molar-refractivity contribution in [3.05, 3.63) is 95.1 Å². The van der Waals surface area contributed by atoms with Gasteiger partial charge in [0.15, 0.2) is 0 Å². The SMILES string of the molecule is Cc1ccc(S(=O)(=O)Nc2ccc(C(=O)N[C@@H](C)c3ccccc3)cc2C)cc1. The molecule has 1 amide bonds. The van der Waals surface area contributed by atoms with Gasteiger partial charge in [-0.2, -0.15) is 0 Å². The molecule has 5 nitrogen and oxygen atoms in total. The summed E-state index contributed by atoms with van der Waals surface area (Å²) in [5.41, 5.74) is 3.59. The molecule has 0 aliphatic heterocycles. The van der Waals surface area contributed by atoms with E-state index < -0.39 is 10.0 Å². The molecule has 3 aromatic rings. The van der Waals surface area contributed by atoms with Crippen molar-refractivity contribution >= 4 is 21.6 Å². The number of rotatable bonds is 6. The van der Waals surface area contributed by atoms with Gasteiger partial charge in [-0.15, -0.1) is 0 Å². The number of nitrogens with one attached hydrogen (secondary N) is 2. The summed E-state index contributed by atoms with van der Waals surface area (Å²) in [5.74, 6) is -0.211. The first-order chi connectivity index (χ1) is 13.8. The van der Waals surface area contributed by atoms with Gasteiger partial charge < -0.3 is 5.32 Å². The van der Waals surface area contributed by atoms with E-state index in [-0.39, 0.29) is 16.8 Å². The highest BCUT2D eigenvalue weighted by molar-refractivity contribution is 7.92. The van der Waals surface area contributed by atoms with Crippen molar-refractivity contribution in [1.29, 1.82) is 0 Å². The Balaban J connectivity index is 1.74. The van der Waals surface area contributed by atoms with Crippen LogP contribution in [0.4, 0.5) is 5.69 Å². The smallest absolute Gasteiger partial charge is 0.261 e. The van der Waals surface area contributed by atoms with Crippen molar-refractivity contribution < 1.29 is 13.2 Å². The van der Waals surface area contributed by atoms with Gasteiger partial charge in [-0.25, -0.2) is 8.42 Å². The minimum atomic E-state index is -3.69. The highest BCUT2D eigenvalue weighted by Gasteiger charge is 2.17. The van der Waals surface area contributed by atoms with Crippen molar-refractivity contribution in [3.63, 3.8) is 0 Å². The lowest BCUT2D eigenvalue weighted by Gasteiger charge is -2.16. The standard InChI is InChI=1S/C23H24N2O3S/c1-16-9-12-21(13-10-16)29(27,28)25-22-14-11-20(15-17(22)2)23(26)24-18(3)19-7-5-4-6-8-19/h4-15,18,25H,1-3H3,(H,24,26)/t18-/m0/s1. The fourth-order valence-electron chi connectivity index (χ4n) is 2.95. The Morgan fingerprint density at radius 3 is 2.17 bits per heavy atom. The van der Waals surface area contributed by atoms with Gasteiger partial charge in [-0.05, 0) is 62.2 Å². The molecule has 1 atom stereocenters. The Morgan fingerprint density at radius 2 is 1.55 bits per heavy atom. The average molecular weight is 409 g/mol. The molecule has 0 aliphatic rings. The van der Waals surface area contributed by atoms with E-state index in [2.05, 4.69) is 10.0 Å². The zero-order valence-electron chi connectivity index (χ0n) is 16.6. The second-order valence-electron chi connectivity index (χ2n) is 7.05. The Labute approximate surface area is 171 Å². The molecule has 150 valence electrons. The molecule has 0 aromatic heterocycles. The van der Waals surface area contributed by atoms with Crippen LogP contribution in [0.2, 0.25) is 0 Å². The van der Waals surface area contributed by atoms with Crippen LogP contribution in [-0.2, 0) is 10.0 Å². The van der Waals surface area contributed by atoms with Crippen LogP contribution in [0.3, 0.4) is 0 Å². The van der Waals surface area contributed by atoms with Crippen molar-refractivity contribution in [3.8, 4) is 0 Å². The van der Waals surface area contributed by atoms with Crippen LogP contribution in [0, 0.1) is 13.8 Å². The number of sulfonamides is 1. The maximum absolute atomic E-state index is 12.6. The second-order valence-corrected chi connectivity index (χ2v) is 8.74. The van der Waals surface area contributed by atoms with E-state index in [4.69, 9.17) is 0 Å². The molecule has 0 heterocycles. The number of amides is 1. The minimum Gasteiger partial charge on any atom is -0.346 e. The highest BCUT2D eigenvalue weighted by atomic mass is 32.2. The van der Waals surface area contributed by atoms with Gasteiger partial charge in [0, 0.05) is 5.56 Å². The lowest BCUT2D eigenvalue weighted by atomic mass is 10.1. The van der Waals surface area contributed by atoms with Crippen molar-refractivity contribution in [1.82, 2.24) is 5.32 Å². The van der Waals surface area contributed by atoms with Crippen LogP contribution >= 0.6 is 0 Å². The molecular weight excluding hydrogens is 384 g/mol. The highest BCUT2D eigenvalue weighted by Crippen LogP contribution is 2.22. The van der Waals surface area contributed by atoms with Crippen LogP contribution in [0.15, 0.2) is 77.7 Å². The summed E-state index contributed by atoms with van der Waals surface area (Å²) in [5, 5.41) is 2.96. The number of aryl methyl sites for hydroxylation is 2. The van der Waals surface area contributed by atoms with Crippen LogP contribution < -0.4 is 10.0 Å². The fourth-order valence-corrected chi connectivity index (χ4v) is 4.08. The third-order valence-electron chi connectivity index (χ3n) is 4.71. The zero-order chi connectivity index (χ0) is 21.0. The number of hydrogen-bond acceptors (Lipinski definition) is 3. The number of carbonyl (C=O) groups is 1. The molecule has 0 bridgehead atoms. The molecular formula is C23H24N2O3S. The van der Waals surface area contributed by atoms with E-state index in [0.29, 0.717) is 16.8 Å². The molecule has 29 heavy (non-hydrogen) atoms. The van der Waals surface area contributed by atoms with Gasteiger partial charge in [0.05, 0.1) is 16.6 Å². The lowest BCUT2D eigenvalue weighted by Crippen LogP contribution is -2.26. The maximum atomic E-state index is 12.6. The number of carbonyl (C=O) groups excluding carboxylic acids is 1. The van der Waals surface area contributed by atoms with Gasteiger partial charge in [0.1, 0.15) is 0 Å². The summed E-state index contributed by atoms with van der Waals surface area (Å²) in [6.45, 7) is 5.59. The van der Waals surface area contributed by atoms with Crippen LogP contribution in [0.25, 0.3) is 0 Å². The van der Waals surface area contributed by atoms with Crippen LogP contribution in [0.1, 0.15) is 40.0 Å². The van der Waals surface area contributed by atoms with Gasteiger partial charge in [0.25, 0.3) is 15.9 Å². The minimum absolute atomic E-state index is 0.135. The summed E-state index contributed by atoms with van der Waals surface area (Å²) in [6.07, 6.45) is 0. The second kappa shape index (κ2) is 8.49. The molecule has 0 fully saturated rings. The van der Waals surface area contributed by atoms with Crippen LogP contribution in [0.5, 0.6) is 0 Å². The maximum Gasteiger partial charge on any atom is 0.261 e.